The van der Waals surface area contributed by atoms with E-state index >= 15 is 0 Å². The third-order valence-electron chi connectivity index (χ3n) is 5.08. The van der Waals surface area contributed by atoms with Gasteiger partial charge in [-0.25, -0.2) is 9.40 Å². The average Bonchev–Trinajstić information content (AvgIpc) is 3.16. The van der Waals surface area contributed by atoms with Crippen LogP contribution in [-0.2, 0) is 0 Å². The van der Waals surface area contributed by atoms with Crippen LogP contribution in [-0.4, -0.2) is 10.7 Å². The molecule has 0 fully saturated rings. The van der Waals surface area contributed by atoms with Gasteiger partial charge in [0.2, 0.25) is 6.23 Å². The van der Waals surface area contributed by atoms with Crippen LogP contribution in [0.1, 0.15) is 35.4 Å². The molecule has 0 spiro atoms. The molecule has 0 amide bonds. The van der Waals surface area contributed by atoms with Crippen LogP contribution in [0.3, 0.4) is 0 Å². The molecule has 140 valence electrons. The molecule has 3 nitrogen and oxygen atoms in total. The molecule has 0 aliphatic carbocycles. The van der Waals surface area contributed by atoms with Crippen LogP contribution in [0.15, 0.2) is 76.3 Å². The van der Waals surface area contributed by atoms with Crippen molar-refractivity contribution >= 4 is 33.2 Å². The van der Waals surface area contributed by atoms with E-state index < -0.39 is 6.23 Å². The highest BCUT2D eigenvalue weighted by Gasteiger charge is 2.41. The van der Waals surface area contributed by atoms with Crippen LogP contribution >= 0.6 is 27.5 Å². The van der Waals surface area contributed by atoms with Gasteiger partial charge in [-0.15, -0.1) is 0 Å². The molecule has 0 radical (unpaired) electrons. The topological polar surface area (TPSA) is 24.8 Å². The standard InChI is InChI=1S/C22H15BrClFN2O/c23-14-6-9-21-17(10-14)20-12-19(13-4-2-1-3-5-13)26-27(20)22(28-21)16-11-15(25)7-8-18(16)24/h1-11,20,22H,12H2/t20-,22-/m1/s1. The van der Waals surface area contributed by atoms with Gasteiger partial charge in [0.1, 0.15) is 11.6 Å². The van der Waals surface area contributed by atoms with Gasteiger partial charge in [-0.2, -0.15) is 5.10 Å². The molecule has 2 atom stereocenters. The van der Waals surface area contributed by atoms with E-state index in [9.17, 15) is 4.39 Å². The quantitative estimate of drug-likeness (QED) is 0.440. The Balaban J connectivity index is 1.64. The first kappa shape index (κ1) is 17.7. The van der Waals surface area contributed by atoms with E-state index in [4.69, 9.17) is 21.4 Å². The molecule has 28 heavy (non-hydrogen) atoms. The number of hydrogen-bond donors (Lipinski definition) is 0. The Morgan fingerprint density at radius 1 is 1.04 bits per heavy atom. The van der Waals surface area contributed by atoms with E-state index in [1.807, 2.05) is 47.5 Å². The van der Waals surface area contributed by atoms with Gasteiger partial charge in [-0.05, 0) is 42.0 Å². The molecule has 2 aliphatic rings. The summed E-state index contributed by atoms with van der Waals surface area (Å²) in [5, 5.41) is 7.22. The summed E-state index contributed by atoms with van der Waals surface area (Å²) in [6.45, 7) is 0. The summed E-state index contributed by atoms with van der Waals surface area (Å²) in [5.41, 5.74) is 3.66. The third kappa shape index (κ3) is 2.99. The molecule has 0 unspecified atom stereocenters. The fourth-order valence-electron chi connectivity index (χ4n) is 3.77. The van der Waals surface area contributed by atoms with Crippen LogP contribution in [0.2, 0.25) is 5.02 Å². The lowest BCUT2D eigenvalue weighted by molar-refractivity contribution is -0.0191. The van der Waals surface area contributed by atoms with Crippen molar-refractivity contribution in [2.24, 2.45) is 5.10 Å². The molecule has 3 aromatic carbocycles. The summed E-state index contributed by atoms with van der Waals surface area (Å²) in [6, 6.07) is 20.3. The molecule has 2 heterocycles. The average molecular weight is 458 g/mol. The van der Waals surface area contributed by atoms with E-state index in [-0.39, 0.29) is 11.9 Å². The van der Waals surface area contributed by atoms with Crippen molar-refractivity contribution in [1.82, 2.24) is 5.01 Å². The first-order valence-corrected chi connectivity index (χ1v) is 10.1. The first-order valence-electron chi connectivity index (χ1n) is 8.92. The maximum Gasteiger partial charge on any atom is 0.215 e. The van der Waals surface area contributed by atoms with Crippen LogP contribution < -0.4 is 4.74 Å². The molecule has 3 aromatic rings. The SMILES string of the molecule is Fc1ccc(Cl)c([C@H]2Oc3ccc(Br)cc3[C@H]3CC(c4ccccc4)=NN32)c1. The molecular weight excluding hydrogens is 443 g/mol. The van der Waals surface area contributed by atoms with Crippen LogP contribution in [0.5, 0.6) is 5.75 Å². The van der Waals surface area contributed by atoms with Crippen LogP contribution in [0.25, 0.3) is 0 Å². The normalized spacial score (nSPS) is 20.2. The molecule has 0 aromatic heterocycles. The molecule has 5 rings (SSSR count). The predicted octanol–water partition coefficient (Wildman–Crippen LogP) is 6.48. The summed E-state index contributed by atoms with van der Waals surface area (Å²) in [5.74, 6) is 0.409. The number of benzene rings is 3. The summed E-state index contributed by atoms with van der Waals surface area (Å²) in [6.07, 6.45) is 0.142. The Morgan fingerprint density at radius 3 is 2.68 bits per heavy atom. The van der Waals surface area contributed by atoms with Gasteiger partial charge in [0.15, 0.2) is 0 Å². The maximum atomic E-state index is 14.0. The third-order valence-corrected chi connectivity index (χ3v) is 5.92. The van der Waals surface area contributed by atoms with Crippen LogP contribution in [0, 0.1) is 5.82 Å². The minimum atomic E-state index is -0.594. The number of nitrogens with zero attached hydrogens (tertiary/aromatic N) is 2. The lowest BCUT2D eigenvalue weighted by Crippen LogP contribution is -2.34. The van der Waals surface area contributed by atoms with Gasteiger partial charge in [0.25, 0.3) is 0 Å². The van der Waals surface area contributed by atoms with Crippen molar-refractivity contribution in [2.45, 2.75) is 18.7 Å². The fraction of sp³-hybridized carbons (Fsp3) is 0.136. The number of rotatable bonds is 2. The van der Waals surface area contributed by atoms with E-state index in [0.29, 0.717) is 10.6 Å². The summed E-state index contributed by atoms with van der Waals surface area (Å²) < 4.78 is 21.2. The monoisotopic (exact) mass is 456 g/mol. The smallest absolute Gasteiger partial charge is 0.215 e. The van der Waals surface area contributed by atoms with Crippen molar-refractivity contribution in [3.05, 3.63) is 98.7 Å². The predicted molar refractivity (Wildman–Crippen MR) is 111 cm³/mol. The van der Waals surface area contributed by atoms with Gasteiger partial charge < -0.3 is 4.74 Å². The molecule has 6 heteroatoms. The van der Waals surface area contributed by atoms with Crippen molar-refractivity contribution < 1.29 is 9.13 Å². The Hall–Kier alpha value is -2.37. The first-order chi connectivity index (χ1) is 13.6. The van der Waals surface area contributed by atoms with E-state index in [2.05, 4.69) is 22.0 Å². The minimum absolute atomic E-state index is 0.0132. The molecule has 2 aliphatic heterocycles. The molecule has 0 saturated carbocycles. The Labute approximate surface area is 175 Å². The van der Waals surface area contributed by atoms with E-state index in [1.165, 1.54) is 12.1 Å². The van der Waals surface area contributed by atoms with Crippen molar-refractivity contribution in [3.63, 3.8) is 0 Å². The molecule has 0 N–H and O–H groups in total. The molecule has 0 saturated heterocycles. The van der Waals surface area contributed by atoms with Gasteiger partial charge >= 0.3 is 0 Å². The number of hydrogen-bond acceptors (Lipinski definition) is 3. The highest BCUT2D eigenvalue weighted by molar-refractivity contribution is 9.10. The summed E-state index contributed by atoms with van der Waals surface area (Å²) >= 11 is 9.94. The van der Waals surface area contributed by atoms with Gasteiger partial charge in [0.05, 0.1) is 11.8 Å². The lowest BCUT2D eigenvalue weighted by atomic mass is 9.96. The lowest BCUT2D eigenvalue weighted by Gasteiger charge is -2.38. The number of halogens is 3. The van der Waals surface area contributed by atoms with E-state index in [0.717, 1.165) is 33.5 Å². The van der Waals surface area contributed by atoms with Gasteiger partial charge in [0, 0.05) is 27.0 Å². The highest BCUT2D eigenvalue weighted by atomic mass is 79.9. The van der Waals surface area contributed by atoms with Crippen molar-refractivity contribution in [1.29, 1.82) is 0 Å². The summed E-state index contributed by atoms with van der Waals surface area (Å²) in [7, 11) is 0. The largest absolute Gasteiger partial charge is 0.464 e. The van der Waals surface area contributed by atoms with Gasteiger partial charge in [-0.3, -0.25) is 0 Å². The molecule has 0 bridgehead atoms. The molecular formula is C22H15BrClFN2O. The Bertz CT molecular complexity index is 1090. The zero-order chi connectivity index (χ0) is 19.3. The minimum Gasteiger partial charge on any atom is -0.464 e. The van der Waals surface area contributed by atoms with Crippen molar-refractivity contribution in [3.8, 4) is 5.75 Å². The summed E-state index contributed by atoms with van der Waals surface area (Å²) in [4.78, 5) is 0. The maximum absolute atomic E-state index is 14.0. The number of ether oxygens (including phenoxy) is 1. The zero-order valence-electron chi connectivity index (χ0n) is 14.6. The zero-order valence-corrected chi connectivity index (χ0v) is 17.0. The Kier molecular flexibility index (Phi) is 4.37. The Morgan fingerprint density at radius 2 is 1.86 bits per heavy atom. The second-order valence-electron chi connectivity index (χ2n) is 6.83. The fourth-order valence-corrected chi connectivity index (χ4v) is 4.36. The number of hydrazone groups is 1. The number of fused-ring (bicyclic) bond motifs is 3. The van der Waals surface area contributed by atoms with Crippen molar-refractivity contribution in [2.75, 3.05) is 0 Å². The second kappa shape index (κ2) is 6.90. The second-order valence-corrected chi connectivity index (χ2v) is 8.15. The van der Waals surface area contributed by atoms with Crippen LogP contribution in [0.4, 0.5) is 4.39 Å². The van der Waals surface area contributed by atoms with Gasteiger partial charge in [-0.1, -0.05) is 57.9 Å². The highest BCUT2D eigenvalue weighted by Crippen LogP contribution is 2.49. The van der Waals surface area contributed by atoms with E-state index in [1.54, 1.807) is 6.07 Å².